The zero-order valence-electron chi connectivity index (χ0n) is 14.5. The van der Waals surface area contributed by atoms with E-state index in [0.717, 1.165) is 24.8 Å². The Morgan fingerprint density at radius 3 is 2.69 bits per heavy atom. The molecular formula is C19H23N3O3S. The fourth-order valence-electron chi connectivity index (χ4n) is 3.25. The van der Waals surface area contributed by atoms with Crippen LogP contribution < -0.4 is 5.32 Å². The quantitative estimate of drug-likeness (QED) is 0.843. The second-order valence-corrected chi connectivity index (χ2v) is 8.39. The van der Waals surface area contributed by atoms with Gasteiger partial charge in [-0.2, -0.15) is 4.31 Å². The van der Waals surface area contributed by atoms with Crippen LogP contribution in [0, 0.1) is 0 Å². The molecule has 1 fully saturated rings. The van der Waals surface area contributed by atoms with Gasteiger partial charge >= 0.3 is 0 Å². The fourth-order valence-corrected chi connectivity index (χ4v) is 4.86. The Labute approximate surface area is 154 Å². The molecule has 26 heavy (non-hydrogen) atoms. The highest BCUT2D eigenvalue weighted by Gasteiger charge is 2.33. The van der Waals surface area contributed by atoms with Crippen molar-refractivity contribution >= 4 is 15.9 Å². The highest BCUT2D eigenvalue weighted by molar-refractivity contribution is 7.89. The Kier molecular flexibility index (Phi) is 6.00. The maximum Gasteiger partial charge on any atom is 0.251 e. The van der Waals surface area contributed by atoms with Crippen LogP contribution >= 0.6 is 0 Å². The molecule has 1 N–H and O–H groups in total. The first-order chi connectivity index (χ1) is 12.6. The van der Waals surface area contributed by atoms with Crippen molar-refractivity contribution in [3.05, 3.63) is 66.0 Å². The lowest BCUT2D eigenvalue weighted by Crippen LogP contribution is -2.42. The number of nitrogens with one attached hydrogen (secondary N) is 1. The van der Waals surface area contributed by atoms with Crippen LogP contribution in [0.25, 0.3) is 0 Å². The minimum atomic E-state index is -3.47. The number of carbonyl (C=O) groups excluding carboxylic acids is 1. The largest absolute Gasteiger partial charge is 0.351 e. The SMILES string of the molecule is O=C(NCCS(=O)(=O)N1CCCC[C@@H]1c1cccnc1)c1ccccc1. The molecule has 1 aliphatic heterocycles. The lowest BCUT2D eigenvalue weighted by Gasteiger charge is -2.34. The summed E-state index contributed by atoms with van der Waals surface area (Å²) < 4.78 is 27.3. The van der Waals surface area contributed by atoms with Crippen molar-refractivity contribution in [2.24, 2.45) is 0 Å². The number of carbonyl (C=O) groups is 1. The molecule has 138 valence electrons. The number of amides is 1. The molecule has 0 unspecified atom stereocenters. The topological polar surface area (TPSA) is 79.4 Å². The van der Waals surface area contributed by atoms with Crippen molar-refractivity contribution in [3.63, 3.8) is 0 Å². The van der Waals surface area contributed by atoms with Gasteiger partial charge in [0.05, 0.1) is 11.8 Å². The molecule has 0 bridgehead atoms. The fraction of sp³-hybridized carbons (Fsp3) is 0.368. The van der Waals surface area contributed by atoms with Gasteiger partial charge in [-0.25, -0.2) is 8.42 Å². The summed E-state index contributed by atoms with van der Waals surface area (Å²) in [5.41, 5.74) is 1.44. The van der Waals surface area contributed by atoms with E-state index < -0.39 is 10.0 Å². The Balaban J connectivity index is 1.63. The third-order valence-electron chi connectivity index (χ3n) is 4.56. The number of pyridine rings is 1. The number of benzene rings is 1. The monoisotopic (exact) mass is 373 g/mol. The van der Waals surface area contributed by atoms with E-state index in [0.29, 0.717) is 12.1 Å². The smallest absolute Gasteiger partial charge is 0.251 e. The molecule has 1 aromatic carbocycles. The van der Waals surface area contributed by atoms with E-state index in [1.54, 1.807) is 41.0 Å². The number of piperidine rings is 1. The number of sulfonamides is 1. The van der Waals surface area contributed by atoms with Gasteiger partial charge in [0.1, 0.15) is 0 Å². The molecule has 1 amide bonds. The van der Waals surface area contributed by atoms with Crippen molar-refractivity contribution in [2.45, 2.75) is 25.3 Å². The molecule has 1 saturated heterocycles. The first-order valence-corrected chi connectivity index (χ1v) is 10.4. The second-order valence-electron chi connectivity index (χ2n) is 6.35. The maximum atomic E-state index is 12.8. The zero-order valence-corrected chi connectivity index (χ0v) is 15.4. The van der Waals surface area contributed by atoms with Gasteiger partial charge in [-0.1, -0.05) is 30.7 Å². The summed E-state index contributed by atoms with van der Waals surface area (Å²) in [6.45, 7) is 0.598. The van der Waals surface area contributed by atoms with E-state index in [4.69, 9.17) is 0 Å². The summed E-state index contributed by atoms with van der Waals surface area (Å²) in [6.07, 6.45) is 6.06. The van der Waals surface area contributed by atoms with Gasteiger partial charge < -0.3 is 5.32 Å². The molecule has 1 aliphatic rings. The first-order valence-electron chi connectivity index (χ1n) is 8.80. The Morgan fingerprint density at radius 2 is 1.96 bits per heavy atom. The summed E-state index contributed by atoms with van der Waals surface area (Å²) in [7, 11) is -3.47. The minimum Gasteiger partial charge on any atom is -0.351 e. The van der Waals surface area contributed by atoms with E-state index >= 15 is 0 Å². The van der Waals surface area contributed by atoms with Gasteiger partial charge in [-0.15, -0.1) is 0 Å². The summed E-state index contributed by atoms with van der Waals surface area (Å²) >= 11 is 0. The van der Waals surface area contributed by atoms with Crippen LogP contribution in [0.4, 0.5) is 0 Å². The predicted octanol–water partition coefficient (Wildman–Crippen LogP) is 2.37. The van der Waals surface area contributed by atoms with Crippen LogP contribution in [0.1, 0.15) is 41.2 Å². The lowest BCUT2D eigenvalue weighted by atomic mass is 9.99. The third kappa shape index (κ3) is 4.47. The van der Waals surface area contributed by atoms with Crippen molar-refractivity contribution in [3.8, 4) is 0 Å². The highest BCUT2D eigenvalue weighted by Crippen LogP contribution is 2.32. The molecule has 6 nitrogen and oxygen atoms in total. The minimum absolute atomic E-state index is 0.0896. The average Bonchev–Trinajstić information content (AvgIpc) is 2.69. The molecular weight excluding hydrogens is 350 g/mol. The summed E-state index contributed by atoms with van der Waals surface area (Å²) in [4.78, 5) is 16.2. The van der Waals surface area contributed by atoms with Gasteiger partial charge in [-0.3, -0.25) is 9.78 Å². The molecule has 0 spiro atoms. The molecule has 3 rings (SSSR count). The average molecular weight is 373 g/mol. The molecule has 2 aromatic rings. The molecule has 0 aliphatic carbocycles. The van der Waals surface area contributed by atoms with Crippen LogP contribution in [-0.4, -0.2) is 42.5 Å². The molecule has 1 atom stereocenters. The van der Waals surface area contributed by atoms with Crippen LogP contribution in [-0.2, 0) is 10.0 Å². The number of hydrogen-bond donors (Lipinski definition) is 1. The summed E-state index contributed by atoms with van der Waals surface area (Å²) in [6, 6.07) is 12.4. The van der Waals surface area contributed by atoms with Crippen LogP contribution in [0.15, 0.2) is 54.9 Å². The molecule has 2 heterocycles. The van der Waals surface area contributed by atoms with Crippen LogP contribution in [0.2, 0.25) is 0 Å². The molecule has 7 heteroatoms. The summed E-state index contributed by atoms with van der Waals surface area (Å²) in [5, 5.41) is 2.69. The van der Waals surface area contributed by atoms with E-state index in [-0.39, 0.29) is 24.2 Å². The van der Waals surface area contributed by atoms with Crippen molar-refractivity contribution in [1.82, 2.24) is 14.6 Å². The van der Waals surface area contributed by atoms with E-state index in [1.165, 1.54) is 0 Å². The van der Waals surface area contributed by atoms with Crippen molar-refractivity contribution in [1.29, 1.82) is 0 Å². The standard InChI is InChI=1S/C19H23N3O3S/c23-19(16-7-2-1-3-8-16)21-12-14-26(24,25)22-13-5-4-10-18(22)17-9-6-11-20-15-17/h1-3,6-9,11,15,18H,4-5,10,12-14H2,(H,21,23)/t18-/m1/s1. The number of nitrogens with zero attached hydrogens (tertiary/aromatic N) is 2. The van der Waals surface area contributed by atoms with Gasteiger partial charge in [0.25, 0.3) is 5.91 Å². The molecule has 0 saturated carbocycles. The van der Waals surface area contributed by atoms with Gasteiger partial charge in [-0.05, 0) is 36.6 Å². The summed E-state index contributed by atoms with van der Waals surface area (Å²) in [5.74, 6) is -0.370. The zero-order chi connectivity index (χ0) is 18.4. The predicted molar refractivity (Wildman–Crippen MR) is 100 cm³/mol. The van der Waals surface area contributed by atoms with Gasteiger partial charge in [0.2, 0.25) is 10.0 Å². The van der Waals surface area contributed by atoms with Crippen molar-refractivity contribution in [2.75, 3.05) is 18.8 Å². The Bertz CT molecular complexity index is 826. The molecule has 0 radical (unpaired) electrons. The molecule has 1 aromatic heterocycles. The van der Waals surface area contributed by atoms with Gasteiger partial charge in [0, 0.05) is 31.0 Å². The Morgan fingerprint density at radius 1 is 1.15 bits per heavy atom. The first kappa shape index (κ1) is 18.5. The van der Waals surface area contributed by atoms with E-state index in [9.17, 15) is 13.2 Å². The number of hydrogen-bond acceptors (Lipinski definition) is 4. The number of aromatic nitrogens is 1. The maximum absolute atomic E-state index is 12.8. The number of rotatable bonds is 6. The van der Waals surface area contributed by atoms with Crippen molar-refractivity contribution < 1.29 is 13.2 Å². The third-order valence-corrected chi connectivity index (χ3v) is 6.43. The lowest BCUT2D eigenvalue weighted by molar-refractivity contribution is 0.0956. The normalized spacial score (nSPS) is 18.4. The van der Waals surface area contributed by atoms with E-state index in [2.05, 4.69) is 10.3 Å². The van der Waals surface area contributed by atoms with Crippen LogP contribution in [0.3, 0.4) is 0 Å². The second kappa shape index (κ2) is 8.42. The Hall–Kier alpha value is -2.25. The van der Waals surface area contributed by atoms with Gasteiger partial charge in [0.15, 0.2) is 0 Å². The van der Waals surface area contributed by atoms with E-state index in [1.807, 2.05) is 18.2 Å². The van der Waals surface area contributed by atoms with Crippen LogP contribution in [0.5, 0.6) is 0 Å². The highest BCUT2D eigenvalue weighted by atomic mass is 32.2.